The Hall–Kier alpha value is -1.41. The lowest BCUT2D eigenvalue weighted by molar-refractivity contribution is 0.311. The van der Waals surface area contributed by atoms with E-state index in [4.69, 9.17) is 5.11 Å². The predicted octanol–water partition coefficient (Wildman–Crippen LogP) is 2.56. The molecule has 0 spiro atoms. The Morgan fingerprint density at radius 2 is 2.00 bits per heavy atom. The van der Waals surface area contributed by atoms with Gasteiger partial charge in [0.1, 0.15) is 18.0 Å². The van der Waals surface area contributed by atoms with Crippen LogP contribution in [0.1, 0.15) is 5.56 Å². The molecule has 0 saturated heterocycles. The van der Waals surface area contributed by atoms with Gasteiger partial charge < -0.3 is 15.7 Å². The molecule has 0 atom stereocenters. The standard InChI is InChI=1S/C13H15IN4O/c14-8-10-2-1-3-11(6-10)18-13-7-12(15-4-5-19)16-9-17-13/h1-3,6-7,9,19H,4-5,8H2,(H2,15,16,17,18). The summed E-state index contributed by atoms with van der Waals surface area (Å²) in [6, 6.07) is 10.0. The number of anilines is 3. The molecule has 1 heterocycles. The maximum absolute atomic E-state index is 8.77. The van der Waals surface area contributed by atoms with E-state index in [1.807, 2.05) is 18.2 Å². The summed E-state index contributed by atoms with van der Waals surface area (Å²) >= 11 is 2.33. The number of aliphatic hydroxyl groups excluding tert-OH is 1. The number of benzene rings is 1. The van der Waals surface area contributed by atoms with Crippen LogP contribution >= 0.6 is 22.6 Å². The van der Waals surface area contributed by atoms with Gasteiger partial charge in [0.05, 0.1) is 6.61 Å². The maximum Gasteiger partial charge on any atom is 0.135 e. The quantitative estimate of drug-likeness (QED) is 0.539. The first-order chi connectivity index (χ1) is 9.31. The fourth-order valence-corrected chi connectivity index (χ4v) is 2.06. The van der Waals surface area contributed by atoms with Crippen LogP contribution in [0.4, 0.5) is 17.3 Å². The average molecular weight is 370 g/mol. The molecule has 0 aliphatic heterocycles. The van der Waals surface area contributed by atoms with Gasteiger partial charge in [0, 0.05) is 22.7 Å². The molecule has 1 aromatic carbocycles. The highest BCUT2D eigenvalue weighted by atomic mass is 127. The molecule has 0 aliphatic rings. The SMILES string of the molecule is OCCNc1cc(Nc2cccc(CI)c2)ncn1. The van der Waals surface area contributed by atoms with E-state index in [0.717, 1.165) is 15.9 Å². The second-order valence-corrected chi connectivity index (χ2v) is 4.66. The molecule has 0 bridgehead atoms. The normalized spacial score (nSPS) is 10.2. The fraction of sp³-hybridized carbons (Fsp3) is 0.231. The van der Waals surface area contributed by atoms with E-state index < -0.39 is 0 Å². The molecule has 0 saturated carbocycles. The lowest BCUT2D eigenvalue weighted by atomic mass is 10.2. The smallest absolute Gasteiger partial charge is 0.135 e. The van der Waals surface area contributed by atoms with Gasteiger partial charge >= 0.3 is 0 Å². The Kier molecular flexibility index (Phi) is 5.34. The number of nitrogens with zero attached hydrogens (tertiary/aromatic N) is 2. The first-order valence-corrected chi connectivity index (χ1v) is 7.43. The minimum absolute atomic E-state index is 0.0739. The monoisotopic (exact) mass is 370 g/mol. The minimum Gasteiger partial charge on any atom is -0.395 e. The van der Waals surface area contributed by atoms with Crippen molar-refractivity contribution >= 4 is 39.9 Å². The van der Waals surface area contributed by atoms with Crippen molar-refractivity contribution in [2.24, 2.45) is 0 Å². The van der Waals surface area contributed by atoms with Gasteiger partial charge in [-0.05, 0) is 17.7 Å². The number of hydrogen-bond acceptors (Lipinski definition) is 5. The summed E-state index contributed by atoms with van der Waals surface area (Å²) in [6.45, 7) is 0.547. The van der Waals surface area contributed by atoms with Crippen LogP contribution in [0.5, 0.6) is 0 Å². The number of hydrogen-bond donors (Lipinski definition) is 3. The lowest BCUT2D eigenvalue weighted by Crippen LogP contribution is -2.07. The summed E-state index contributed by atoms with van der Waals surface area (Å²) < 4.78 is 0.973. The summed E-state index contributed by atoms with van der Waals surface area (Å²) in [5.41, 5.74) is 2.26. The van der Waals surface area contributed by atoms with E-state index in [1.165, 1.54) is 11.9 Å². The first kappa shape index (κ1) is 14.0. The van der Waals surface area contributed by atoms with Gasteiger partial charge in [-0.3, -0.25) is 0 Å². The van der Waals surface area contributed by atoms with E-state index in [-0.39, 0.29) is 6.61 Å². The van der Waals surface area contributed by atoms with Crippen molar-refractivity contribution in [2.45, 2.75) is 4.43 Å². The van der Waals surface area contributed by atoms with Gasteiger partial charge in [0.15, 0.2) is 0 Å². The third-order valence-corrected chi connectivity index (χ3v) is 3.32. The summed E-state index contributed by atoms with van der Waals surface area (Å²) in [6.07, 6.45) is 1.49. The number of aliphatic hydroxyl groups is 1. The predicted molar refractivity (Wildman–Crippen MR) is 85.1 cm³/mol. The van der Waals surface area contributed by atoms with E-state index in [9.17, 15) is 0 Å². The highest BCUT2D eigenvalue weighted by molar-refractivity contribution is 14.1. The first-order valence-electron chi connectivity index (χ1n) is 5.90. The van der Waals surface area contributed by atoms with Crippen molar-refractivity contribution in [1.29, 1.82) is 0 Å². The van der Waals surface area contributed by atoms with Crippen LogP contribution in [0.15, 0.2) is 36.7 Å². The molecule has 6 heteroatoms. The van der Waals surface area contributed by atoms with Gasteiger partial charge in [-0.1, -0.05) is 34.7 Å². The van der Waals surface area contributed by atoms with Crippen LogP contribution in [0.3, 0.4) is 0 Å². The number of alkyl halides is 1. The Morgan fingerprint density at radius 1 is 1.16 bits per heavy atom. The van der Waals surface area contributed by atoms with E-state index >= 15 is 0 Å². The zero-order valence-electron chi connectivity index (χ0n) is 10.3. The second kappa shape index (κ2) is 7.25. The van der Waals surface area contributed by atoms with Gasteiger partial charge in [-0.25, -0.2) is 9.97 Å². The molecule has 0 unspecified atom stereocenters. The third kappa shape index (κ3) is 4.32. The van der Waals surface area contributed by atoms with Gasteiger partial charge in [-0.2, -0.15) is 0 Å². The topological polar surface area (TPSA) is 70.1 Å². The van der Waals surface area contributed by atoms with Crippen molar-refractivity contribution in [1.82, 2.24) is 9.97 Å². The molecule has 5 nitrogen and oxygen atoms in total. The minimum atomic E-state index is 0.0739. The summed E-state index contributed by atoms with van der Waals surface area (Å²) in [5.74, 6) is 1.41. The van der Waals surface area contributed by atoms with Gasteiger partial charge in [0.2, 0.25) is 0 Å². The van der Waals surface area contributed by atoms with Crippen molar-refractivity contribution < 1.29 is 5.11 Å². The molecule has 3 N–H and O–H groups in total. The Bertz CT molecular complexity index is 536. The summed E-state index contributed by atoms with van der Waals surface area (Å²) in [7, 11) is 0. The second-order valence-electron chi connectivity index (χ2n) is 3.90. The van der Waals surface area contributed by atoms with Crippen LogP contribution in [0.2, 0.25) is 0 Å². The highest BCUT2D eigenvalue weighted by Gasteiger charge is 2.00. The number of nitrogens with one attached hydrogen (secondary N) is 2. The lowest BCUT2D eigenvalue weighted by Gasteiger charge is -2.08. The Morgan fingerprint density at radius 3 is 2.79 bits per heavy atom. The van der Waals surface area contributed by atoms with Crippen LogP contribution in [-0.2, 0) is 4.43 Å². The molecule has 0 fully saturated rings. The van der Waals surface area contributed by atoms with Crippen molar-refractivity contribution in [3.05, 3.63) is 42.2 Å². The fourth-order valence-electron chi connectivity index (χ4n) is 1.59. The van der Waals surface area contributed by atoms with Gasteiger partial charge in [0.25, 0.3) is 0 Å². The van der Waals surface area contributed by atoms with Crippen molar-refractivity contribution in [3.8, 4) is 0 Å². The van der Waals surface area contributed by atoms with Crippen molar-refractivity contribution in [2.75, 3.05) is 23.8 Å². The van der Waals surface area contributed by atoms with Crippen LogP contribution in [-0.4, -0.2) is 28.2 Å². The van der Waals surface area contributed by atoms with Gasteiger partial charge in [-0.15, -0.1) is 0 Å². The van der Waals surface area contributed by atoms with Crippen LogP contribution < -0.4 is 10.6 Å². The zero-order chi connectivity index (χ0) is 13.5. The summed E-state index contributed by atoms with van der Waals surface area (Å²) in [5, 5.41) is 15.0. The van der Waals surface area contributed by atoms with Crippen LogP contribution in [0, 0.1) is 0 Å². The zero-order valence-corrected chi connectivity index (χ0v) is 12.5. The average Bonchev–Trinajstić information content (AvgIpc) is 2.46. The molecule has 19 heavy (non-hydrogen) atoms. The third-order valence-electron chi connectivity index (χ3n) is 2.44. The number of halogens is 1. The highest BCUT2D eigenvalue weighted by Crippen LogP contribution is 2.18. The molecular formula is C13H15IN4O. The molecule has 2 rings (SSSR count). The Balaban J connectivity index is 2.09. The van der Waals surface area contributed by atoms with Crippen molar-refractivity contribution in [3.63, 3.8) is 0 Å². The molecule has 0 amide bonds. The molecule has 100 valence electrons. The molecule has 2 aromatic rings. The van der Waals surface area contributed by atoms with E-state index in [2.05, 4.69) is 55.3 Å². The number of rotatable bonds is 6. The van der Waals surface area contributed by atoms with Crippen LogP contribution in [0.25, 0.3) is 0 Å². The number of aromatic nitrogens is 2. The Labute approximate surface area is 125 Å². The largest absolute Gasteiger partial charge is 0.395 e. The molecular weight excluding hydrogens is 355 g/mol. The molecule has 0 radical (unpaired) electrons. The van der Waals surface area contributed by atoms with E-state index in [1.54, 1.807) is 0 Å². The summed E-state index contributed by atoms with van der Waals surface area (Å²) in [4.78, 5) is 8.25. The molecule has 0 aliphatic carbocycles. The maximum atomic E-state index is 8.77. The van der Waals surface area contributed by atoms with E-state index in [0.29, 0.717) is 12.4 Å². The molecule has 1 aromatic heterocycles.